The predicted molar refractivity (Wildman–Crippen MR) is 96.9 cm³/mol. The van der Waals surface area contributed by atoms with Crippen LogP contribution in [0.3, 0.4) is 0 Å². The second-order valence-electron chi connectivity index (χ2n) is 6.67. The molecule has 0 unspecified atom stereocenters. The third-order valence-corrected chi connectivity index (χ3v) is 4.01. The molecule has 1 heterocycles. The Hall–Kier alpha value is -1.54. The van der Waals surface area contributed by atoms with Crippen molar-refractivity contribution >= 4 is 14.0 Å². The van der Waals surface area contributed by atoms with Crippen LogP contribution in [-0.4, -0.2) is 24.6 Å². The van der Waals surface area contributed by atoms with Gasteiger partial charge >= 0.3 is 0 Å². The van der Waals surface area contributed by atoms with Gasteiger partial charge in [-0.25, -0.2) is 4.98 Å². The molecule has 1 rings (SSSR count). The van der Waals surface area contributed by atoms with E-state index < -0.39 is 8.07 Å². The highest BCUT2D eigenvalue weighted by Gasteiger charge is 2.08. The number of hydrogen-bond donors (Lipinski definition) is 2. The van der Waals surface area contributed by atoms with Gasteiger partial charge in [0, 0.05) is 12.6 Å². The number of rotatable bonds is 8. The van der Waals surface area contributed by atoms with Gasteiger partial charge in [-0.05, 0) is 6.42 Å². The van der Waals surface area contributed by atoms with E-state index in [-0.39, 0.29) is 5.56 Å². The molecular weight excluding hydrogens is 290 g/mol. The first-order valence-electron chi connectivity index (χ1n) is 8.29. The summed E-state index contributed by atoms with van der Waals surface area (Å²) in [7, 11) is -1.46. The molecule has 2 N–H and O–H groups in total. The number of unbranched alkanes of at least 4 members (excludes halogenated alkanes) is 5. The Kier molecular flexibility index (Phi) is 7.97. The van der Waals surface area contributed by atoms with Crippen LogP contribution in [0.15, 0.2) is 10.9 Å². The van der Waals surface area contributed by atoms with E-state index in [0.717, 1.165) is 13.0 Å². The fourth-order valence-electron chi connectivity index (χ4n) is 1.97. The largest absolute Gasteiger partial charge is 0.356 e. The minimum Gasteiger partial charge on any atom is -0.356 e. The average Bonchev–Trinajstić information content (AvgIpc) is 2.43. The maximum atomic E-state index is 11.7. The van der Waals surface area contributed by atoms with E-state index in [2.05, 4.69) is 53.3 Å². The summed E-state index contributed by atoms with van der Waals surface area (Å²) in [6.45, 7) is 9.57. The average molecular weight is 320 g/mol. The van der Waals surface area contributed by atoms with Crippen LogP contribution in [0.2, 0.25) is 19.6 Å². The van der Waals surface area contributed by atoms with Gasteiger partial charge in [-0.15, -0.1) is 5.54 Å². The Labute approximate surface area is 135 Å². The van der Waals surface area contributed by atoms with Crippen molar-refractivity contribution in [1.29, 1.82) is 0 Å². The first-order valence-corrected chi connectivity index (χ1v) is 11.8. The van der Waals surface area contributed by atoms with Crippen molar-refractivity contribution in [3.05, 3.63) is 22.1 Å². The van der Waals surface area contributed by atoms with E-state index in [1.54, 1.807) is 0 Å². The quantitative estimate of drug-likeness (QED) is 0.435. The number of H-pyrrole nitrogens is 1. The van der Waals surface area contributed by atoms with E-state index in [9.17, 15) is 4.79 Å². The lowest BCUT2D eigenvalue weighted by atomic mass is 10.1. The molecule has 4 nitrogen and oxygen atoms in total. The van der Waals surface area contributed by atoms with Gasteiger partial charge in [0.15, 0.2) is 0 Å². The van der Waals surface area contributed by atoms with Crippen molar-refractivity contribution in [3.63, 3.8) is 0 Å². The van der Waals surface area contributed by atoms with Crippen LogP contribution >= 0.6 is 0 Å². The van der Waals surface area contributed by atoms with E-state index in [1.165, 1.54) is 38.2 Å². The fraction of sp³-hybridized carbons (Fsp3) is 0.647. The molecule has 5 heteroatoms. The molecule has 1 aromatic rings. The van der Waals surface area contributed by atoms with Crippen molar-refractivity contribution < 1.29 is 0 Å². The van der Waals surface area contributed by atoms with Gasteiger partial charge in [-0.1, -0.05) is 64.6 Å². The molecule has 0 radical (unpaired) electrons. The first kappa shape index (κ1) is 18.5. The molecule has 0 aliphatic heterocycles. The minimum absolute atomic E-state index is 0.152. The number of anilines is 1. The number of nitrogens with one attached hydrogen (secondary N) is 2. The zero-order chi connectivity index (χ0) is 16.4. The second-order valence-corrected chi connectivity index (χ2v) is 11.4. The van der Waals surface area contributed by atoms with Crippen LogP contribution in [-0.2, 0) is 0 Å². The molecule has 1 aromatic heterocycles. The van der Waals surface area contributed by atoms with Crippen LogP contribution < -0.4 is 10.9 Å². The summed E-state index contributed by atoms with van der Waals surface area (Å²) in [6.07, 6.45) is 7.49. The highest BCUT2D eigenvalue weighted by atomic mass is 28.3. The second kappa shape index (κ2) is 9.47. The Morgan fingerprint density at radius 2 is 1.86 bits per heavy atom. The van der Waals surface area contributed by atoms with Crippen molar-refractivity contribution in [2.24, 2.45) is 0 Å². The van der Waals surface area contributed by atoms with Crippen LogP contribution in [0.5, 0.6) is 0 Å². The summed E-state index contributed by atoms with van der Waals surface area (Å²) in [4.78, 5) is 18.7. The van der Waals surface area contributed by atoms with E-state index >= 15 is 0 Å². The normalized spacial score (nSPS) is 10.9. The lowest BCUT2D eigenvalue weighted by Gasteiger charge is -2.06. The third kappa shape index (κ3) is 8.68. The zero-order valence-corrected chi connectivity index (χ0v) is 15.4. The molecule has 0 aliphatic rings. The highest BCUT2D eigenvalue weighted by molar-refractivity contribution is 6.83. The van der Waals surface area contributed by atoms with Crippen LogP contribution in [0, 0.1) is 11.5 Å². The van der Waals surface area contributed by atoms with Crippen molar-refractivity contribution in [1.82, 2.24) is 9.97 Å². The molecule has 22 heavy (non-hydrogen) atoms. The van der Waals surface area contributed by atoms with Crippen molar-refractivity contribution in [2.75, 3.05) is 11.9 Å². The SMILES string of the molecule is CCCCCCCCNc1nc(C#C[Si](C)(C)C)cc(=O)[nH]1. The summed E-state index contributed by atoms with van der Waals surface area (Å²) < 4.78 is 0. The lowest BCUT2D eigenvalue weighted by molar-refractivity contribution is 0.616. The molecule has 0 spiro atoms. The maximum Gasteiger partial charge on any atom is 0.253 e. The van der Waals surface area contributed by atoms with Gasteiger partial charge in [-0.3, -0.25) is 9.78 Å². The van der Waals surface area contributed by atoms with Crippen molar-refractivity contribution in [3.8, 4) is 11.5 Å². The van der Waals surface area contributed by atoms with E-state index in [1.807, 2.05) is 0 Å². The fourth-order valence-corrected chi connectivity index (χ4v) is 2.47. The summed E-state index contributed by atoms with van der Waals surface area (Å²) in [6, 6.07) is 1.46. The number of hydrogen-bond acceptors (Lipinski definition) is 3. The monoisotopic (exact) mass is 319 g/mol. The summed E-state index contributed by atoms with van der Waals surface area (Å²) in [5, 5.41) is 3.19. The smallest absolute Gasteiger partial charge is 0.253 e. The van der Waals surface area contributed by atoms with E-state index in [4.69, 9.17) is 0 Å². The minimum atomic E-state index is -1.46. The van der Waals surface area contributed by atoms with Gasteiger partial charge in [-0.2, -0.15) is 0 Å². The Morgan fingerprint density at radius 1 is 1.18 bits per heavy atom. The molecule has 0 amide bonds. The van der Waals surface area contributed by atoms with E-state index in [0.29, 0.717) is 11.6 Å². The lowest BCUT2D eigenvalue weighted by Crippen LogP contribution is -2.17. The van der Waals surface area contributed by atoms with Gasteiger partial charge in [0.25, 0.3) is 5.56 Å². The molecule has 0 aliphatic carbocycles. The number of aromatic nitrogens is 2. The van der Waals surface area contributed by atoms with Gasteiger partial charge in [0.1, 0.15) is 13.8 Å². The maximum absolute atomic E-state index is 11.7. The zero-order valence-electron chi connectivity index (χ0n) is 14.4. The Bertz CT molecular complexity index is 564. The molecule has 0 bridgehead atoms. The Balaban J connectivity index is 2.48. The van der Waals surface area contributed by atoms with Gasteiger partial charge in [0.05, 0.1) is 0 Å². The molecule has 0 atom stereocenters. The standard InChI is InChI=1S/C17H29N3OSi/c1-5-6-7-8-9-10-12-18-17-19-15(14-16(21)20-17)11-13-22(2,3)4/h14H,5-10,12H2,1-4H3,(H2,18,19,20,21). The molecule has 0 aromatic carbocycles. The van der Waals surface area contributed by atoms with Crippen molar-refractivity contribution in [2.45, 2.75) is 65.1 Å². The number of nitrogens with zero attached hydrogens (tertiary/aromatic N) is 1. The topological polar surface area (TPSA) is 57.8 Å². The predicted octanol–water partition coefficient (Wildman–Crippen LogP) is 3.77. The molecular formula is C17H29N3OSi. The molecule has 0 saturated heterocycles. The summed E-state index contributed by atoms with van der Waals surface area (Å²) >= 11 is 0. The first-order chi connectivity index (χ1) is 10.4. The summed E-state index contributed by atoms with van der Waals surface area (Å²) in [5.41, 5.74) is 3.63. The summed E-state index contributed by atoms with van der Waals surface area (Å²) in [5.74, 6) is 3.56. The molecule has 0 saturated carbocycles. The molecule has 122 valence electrons. The Morgan fingerprint density at radius 3 is 2.55 bits per heavy atom. The van der Waals surface area contributed by atoms with Crippen LogP contribution in [0.1, 0.15) is 51.1 Å². The number of aromatic amines is 1. The molecule has 0 fully saturated rings. The highest BCUT2D eigenvalue weighted by Crippen LogP contribution is 2.05. The van der Waals surface area contributed by atoms with Gasteiger partial charge < -0.3 is 5.32 Å². The van der Waals surface area contributed by atoms with Crippen LogP contribution in [0.4, 0.5) is 5.95 Å². The third-order valence-electron chi connectivity index (χ3n) is 3.13. The van der Waals surface area contributed by atoms with Crippen LogP contribution in [0.25, 0.3) is 0 Å². The van der Waals surface area contributed by atoms with Gasteiger partial charge in [0.2, 0.25) is 5.95 Å².